The van der Waals surface area contributed by atoms with Gasteiger partial charge in [-0.05, 0) is 24.6 Å². The third kappa shape index (κ3) is 2.44. The van der Waals surface area contributed by atoms with Crippen LogP contribution in [0, 0.1) is 6.92 Å². The molecule has 6 heteroatoms. The van der Waals surface area contributed by atoms with E-state index < -0.39 is 0 Å². The van der Waals surface area contributed by atoms with E-state index in [-0.39, 0.29) is 6.04 Å². The van der Waals surface area contributed by atoms with Gasteiger partial charge in [0.05, 0.1) is 13.2 Å². The Kier molecular flexibility index (Phi) is 3.81. The number of rotatable bonds is 4. The van der Waals surface area contributed by atoms with E-state index in [4.69, 9.17) is 10.6 Å². The molecule has 18 heavy (non-hydrogen) atoms. The highest BCUT2D eigenvalue weighted by Crippen LogP contribution is 2.25. The Morgan fingerprint density at radius 3 is 2.67 bits per heavy atom. The summed E-state index contributed by atoms with van der Waals surface area (Å²) in [4.78, 5) is 12.6. The van der Waals surface area contributed by atoms with Crippen molar-refractivity contribution < 1.29 is 4.74 Å². The second-order valence-electron chi connectivity index (χ2n) is 3.78. The molecule has 0 radical (unpaired) electrons. The van der Waals surface area contributed by atoms with Crippen LogP contribution in [0.15, 0.2) is 30.7 Å². The van der Waals surface area contributed by atoms with Crippen molar-refractivity contribution in [1.29, 1.82) is 0 Å². The van der Waals surface area contributed by atoms with E-state index in [1.807, 2.05) is 19.1 Å². The number of methoxy groups -OCH3 is 1. The number of hydrogen-bond donors (Lipinski definition) is 2. The molecule has 0 spiro atoms. The van der Waals surface area contributed by atoms with Gasteiger partial charge in [0.1, 0.15) is 5.69 Å². The first-order valence-electron chi connectivity index (χ1n) is 5.50. The molecule has 1 atom stereocenters. The van der Waals surface area contributed by atoms with Gasteiger partial charge in [-0.1, -0.05) is 0 Å². The summed E-state index contributed by atoms with van der Waals surface area (Å²) >= 11 is 0. The number of hydrogen-bond acceptors (Lipinski definition) is 6. The van der Waals surface area contributed by atoms with Crippen LogP contribution >= 0.6 is 0 Å². The molecule has 0 aromatic carbocycles. The number of nitrogens with one attached hydrogen (secondary N) is 1. The number of aryl methyl sites for hydroxylation is 1. The number of nitrogens with zero attached hydrogens (tertiary/aromatic N) is 3. The van der Waals surface area contributed by atoms with Gasteiger partial charge < -0.3 is 4.74 Å². The second-order valence-corrected chi connectivity index (χ2v) is 3.78. The molecule has 3 N–H and O–H groups in total. The molecule has 0 aliphatic rings. The van der Waals surface area contributed by atoms with Crippen molar-refractivity contribution in [1.82, 2.24) is 20.4 Å². The lowest BCUT2D eigenvalue weighted by atomic mass is 10.0. The van der Waals surface area contributed by atoms with Crippen molar-refractivity contribution in [3.05, 3.63) is 47.7 Å². The zero-order valence-electron chi connectivity index (χ0n) is 10.3. The lowest BCUT2D eigenvalue weighted by Crippen LogP contribution is -2.30. The predicted octanol–water partition coefficient (Wildman–Crippen LogP) is 0.741. The fraction of sp³-hybridized carbons (Fsp3) is 0.250. The van der Waals surface area contributed by atoms with Crippen LogP contribution in [0.4, 0.5) is 0 Å². The molecule has 0 fully saturated rings. The Bertz CT molecular complexity index is 531. The SMILES string of the molecule is COc1nccnc1C(NN)c1ccnc(C)c1. The monoisotopic (exact) mass is 245 g/mol. The maximum Gasteiger partial charge on any atom is 0.237 e. The molecule has 2 rings (SSSR count). The number of hydrazine groups is 1. The van der Waals surface area contributed by atoms with Crippen LogP contribution in [-0.2, 0) is 0 Å². The Labute approximate surface area is 105 Å². The van der Waals surface area contributed by atoms with Crippen LogP contribution < -0.4 is 16.0 Å². The fourth-order valence-electron chi connectivity index (χ4n) is 1.77. The Morgan fingerprint density at radius 1 is 1.22 bits per heavy atom. The maximum atomic E-state index is 5.62. The minimum atomic E-state index is -0.282. The zero-order valence-corrected chi connectivity index (χ0v) is 10.3. The highest BCUT2D eigenvalue weighted by atomic mass is 16.5. The van der Waals surface area contributed by atoms with Gasteiger partial charge in [0.2, 0.25) is 5.88 Å². The van der Waals surface area contributed by atoms with Crippen LogP contribution in [0.5, 0.6) is 5.88 Å². The predicted molar refractivity (Wildman–Crippen MR) is 66.7 cm³/mol. The average Bonchev–Trinajstić information content (AvgIpc) is 2.40. The summed E-state index contributed by atoms with van der Waals surface area (Å²) in [6.07, 6.45) is 4.92. The summed E-state index contributed by atoms with van der Waals surface area (Å²) in [5, 5.41) is 0. The first-order valence-corrected chi connectivity index (χ1v) is 5.50. The highest BCUT2D eigenvalue weighted by Gasteiger charge is 2.19. The van der Waals surface area contributed by atoms with Gasteiger partial charge in [0.25, 0.3) is 0 Å². The number of aromatic nitrogens is 3. The van der Waals surface area contributed by atoms with Crippen molar-refractivity contribution in [2.75, 3.05) is 7.11 Å². The first kappa shape index (κ1) is 12.4. The lowest BCUT2D eigenvalue weighted by molar-refractivity contribution is 0.383. The summed E-state index contributed by atoms with van der Waals surface area (Å²) in [5.41, 5.74) is 5.25. The Morgan fingerprint density at radius 2 is 2.00 bits per heavy atom. The summed E-state index contributed by atoms with van der Waals surface area (Å²) in [6, 6.07) is 3.54. The molecule has 2 aromatic rings. The van der Waals surface area contributed by atoms with Gasteiger partial charge in [-0.3, -0.25) is 15.8 Å². The molecule has 0 aliphatic carbocycles. The van der Waals surface area contributed by atoms with E-state index in [1.165, 1.54) is 0 Å². The molecule has 6 nitrogen and oxygen atoms in total. The molecular weight excluding hydrogens is 230 g/mol. The van der Waals surface area contributed by atoms with Crippen molar-refractivity contribution in [2.24, 2.45) is 5.84 Å². The van der Waals surface area contributed by atoms with Gasteiger partial charge >= 0.3 is 0 Å². The second kappa shape index (κ2) is 5.52. The van der Waals surface area contributed by atoms with Crippen LogP contribution in [0.3, 0.4) is 0 Å². The standard InChI is InChI=1S/C12H15N5O/c1-8-7-9(3-4-14-8)10(17-13)11-12(18-2)16-6-5-15-11/h3-7,10,17H,13H2,1-2H3. The van der Waals surface area contributed by atoms with Gasteiger partial charge in [0, 0.05) is 24.3 Å². The Balaban J connectivity index is 2.45. The summed E-state index contributed by atoms with van der Waals surface area (Å²) in [5.74, 6) is 6.07. The molecule has 0 amide bonds. The van der Waals surface area contributed by atoms with E-state index in [0.29, 0.717) is 11.6 Å². The summed E-state index contributed by atoms with van der Waals surface area (Å²) in [7, 11) is 1.55. The molecular formula is C12H15N5O. The summed E-state index contributed by atoms with van der Waals surface area (Å²) < 4.78 is 5.20. The zero-order chi connectivity index (χ0) is 13.0. The van der Waals surface area contributed by atoms with Crippen LogP contribution in [0.2, 0.25) is 0 Å². The third-order valence-electron chi connectivity index (χ3n) is 2.58. The molecule has 2 aromatic heterocycles. The fourth-order valence-corrected chi connectivity index (χ4v) is 1.77. The number of nitrogens with two attached hydrogens (primary N) is 1. The first-order chi connectivity index (χ1) is 8.76. The summed E-state index contributed by atoms with van der Waals surface area (Å²) in [6.45, 7) is 1.92. The van der Waals surface area contributed by atoms with Crippen molar-refractivity contribution in [3.8, 4) is 5.88 Å². The van der Waals surface area contributed by atoms with Crippen LogP contribution in [0.25, 0.3) is 0 Å². The quantitative estimate of drug-likeness (QED) is 0.610. The largest absolute Gasteiger partial charge is 0.480 e. The van der Waals surface area contributed by atoms with E-state index in [9.17, 15) is 0 Å². The molecule has 2 heterocycles. The van der Waals surface area contributed by atoms with Crippen LogP contribution in [0.1, 0.15) is 23.0 Å². The molecule has 0 saturated heterocycles. The average molecular weight is 245 g/mol. The topological polar surface area (TPSA) is 86.0 Å². The van der Waals surface area contributed by atoms with E-state index in [1.54, 1.807) is 25.7 Å². The lowest BCUT2D eigenvalue weighted by Gasteiger charge is -2.17. The van der Waals surface area contributed by atoms with Crippen molar-refractivity contribution >= 4 is 0 Å². The normalized spacial score (nSPS) is 12.2. The maximum absolute atomic E-state index is 5.62. The van der Waals surface area contributed by atoms with E-state index >= 15 is 0 Å². The van der Waals surface area contributed by atoms with E-state index in [0.717, 1.165) is 11.3 Å². The number of ether oxygens (including phenoxy) is 1. The smallest absolute Gasteiger partial charge is 0.237 e. The van der Waals surface area contributed by atoms with Gasteiger partial charge in [-0.25, -0.2) is 10.4 Å². The highest BCUT2D eigenvalue weighted by molar-refractivity contribution is 5.32. The van der Waals surface area contributed by atoms with Gasteiger partial charge in [-0.2, -0.15) is 0 Å². The third-order valence-corrected chi connectivity index (χ3v) is 2.58. The molecule has 1 unspecified atom stereocenters. The van der Waals surface area contributed by atoms with Crippen molar-refractivity contribution in [2.45, 2.75) is 13.0 Å². The van der Waals surface area contributed by atoms with Gasteiger partial charge in [0.15, 0.2) is 0 Å². The molecule has 94 valence electrons. The molecule has 0 bridgehead atoms. The molecule has 0 aliphatic heterocycles. The Hall–Kier alpha value is -2.05. The van der Waals surface area contributed by atoms with Gasteiger partial charge in [-0.15, -0.1) is 0 Å². The molecule has 0 saturated carbocycles. The van der Waals surface area contributed by atoms with Crippen molar-refractivity contribution in [3.63, 3.8) is 0 Å². The van der Waals surface area contributed by atoms with Crippen LogP contribution in [-0.4, -0.2) is 22.1 Å². The minimum Gasteiger partial charge on any atom is -0.480 e. The van der Waals surface area contributed by atoms with E-state index in [2.05, 4.69) is 20.4 Å². The minimum absolute atomic E-state index is 0.282. The number of pyridine rings is 1.